The fourth-order valence-corrected chi connectivity index (χ4v) is 12.8. The molecule has 0 bridgehead atoms. The topological polar surface area (TPSA) is 338 Å². The summed E-state index contributed by atoms with van der Waals surface area (Å²) in [4.78, 5) is 190. The maximum absolute atomic E-state index is 15.5. The van der Waals surface area contributed by atoms with E-state index in [-0.39, 0.29) is 69.4 Å². The molecule has 2 fully saturated rings. The predicted molar refractivity (Wildman–Crippen MR) is 398 cm³/mol. The molecule has 588 valence electrons. The molecule has 2 heterocycles. The number of amides is 12. The first-order chi connectivity index (χ1) is 49.0. The lowest BCUT2D eigenvalue weighted by Gasteiger charge is -2.38. The predicted octanol–water partition coefficient (Wildman–Crippen LogP) is 3.43. The van der Waals surface area contributed by atoms with Crippen molar-refractivity contribution < 1.29 is 77.2 Å². The Bertz CT molecular complexity index is 3260. The Morgan fingerprint density at radius 2 is 1.02 bits per heavy atom. The van der Waals surface area contributed by atoms with Gasteiger partial charge in [-0.3, -0.25) is 57.5 Å². The van der Waals surface area contributed by atoms with Crippen molar-refractivity contribution in [2.75, 3.05) is 94.8 Å². The van der Waals surface area contributed by atoms with Crippen LogP contribution in [-0.4, -0.2) is 287 Å². The van der Waals surface area contributed by atoms with Gasteiger partial charge in [0.05, 0.1) is 56.6 Å². The van der Waals surface area contributed by atoms with E-state index in [0.29, 0.717) is 42.1 Å². The van der Waals surface area contributed by atoms with Crippen molar-refractivity contribution in [2.45, 2.75) is 226 Å². The number of nitrogens with zero attached hydrogens (tertiary/aromatic N) is 8. The van der Waals surface area contributed by atoms with E-state index in [9.17, 15) is 29.4 Å². The van der Waals surface area contributed by atoms with E-state index in [1.807, 2.05) is 27.7 Å². The summed E-state index contributed by atoms with van der Waals surface area (Å²) in [5.74, 6) is -10.3. The highest BCUT2D eigenvalue weighted by molar-refractivity contribution is 6.30. The van der Waals surface area contributed by atoms with Crippen molar-refractivity contribution in [3.63, 3.8) is 0 Å². The lowest BCUT2D eigenvalue weighted by molar-refractivity contribution is -0.151. The van der Waals surface area contributed by atoms with E-state index in [1.165, 1.54) is 68.0 Å². The van der Waals surface area contributed by atoms with Crippen molar-refractivity contribution in [1.29, 1.82) is 0 Å². The third-order valence-corrected chi connectivity index (χ3v) is 18.9. The van der Waals surface area contributed by atoms with Crippen LogP contribution in [0.4, 0.5) is 0 Å². The fraction of sp³-hybridized carbons (Fsp3) is 0.684. The van der Waals surface area contributed by atoms with Gasteiger partial charge in [0, 0.05) is 79.8 Å². The third-order valence-electron chi connectivity index (χ3n) is 18.6. The van der Waals surface area contributed by atoms with Crippen LogP contribution in [0, 0.1) is 17.8 Å². The molecular weight excluding hydrogens is 1370 g/mol. The highest BCUT2D eigenvalue weighted by Gasteiger charge is 2.44. The molecule has 29 heteroatoms. The third kappa shape index (κ3) is 28.1. The molecule has 0 aromatic heterocycles. The average Bonchev–Trinajstić information content (AvgIpc) is 0.821. The van der Waals surface area contributed by atoms with Gasteiger partial charge in [0.25, 0.3) is 0 Å². The van der Waals surface area contributed by atoms with Gasteiger partial charge >= 0.3 is 0 Å². The van der Waals surface area contributed by atoms with Crippen LogP contribution in [0.15, 0.2) is 54.6 Å². The second-order valence-electron chi connectivity index (χ2n) is 31.1. The molecule has 28 nitrogen and oxygen atoms in total. The number of halogens is 1. The monoisotopic (exact) mass is 1490 g/mol. The fourth-order valence-electron chi connectivity index (χ4n) is 12.5. The number of aliphatic hydroxyl groups is 2. The van der Waals surface area contributed by atoms with Crippen molar-refractivity contribution in [1.82, 2.24) is 60.5 Å². The molecule has 0 radical (unpaired) electrons. The highest BCUT2D eigenvalue weighted by Crippen LogP contribution is 2.24. The van der Waals surface area contributed by atoms with Gasteiger partial charge in [-0.05, 0) is 128 Å². The molecule has 2 saturated heterocycles. The lowest BCUT2D eigenvalue weighted by atomic mass is 9.98. The maximum atomic E-state index is 15.5. The molecule has 2 aliphatic rings. The van der Waals surface area contributed by atoms with Gasteiger partial charge in [0.1, 0.15) is 54.4 Å². The Labute approximate surface area is 626 Å². The number of rotatable bonds is 20. The number of carbonyl (C=O) groups is 12. The first-order valence-corrected chi connectivity index (χ1v) is 37.1. The van der Waals surface area contributed by atoms with Crippen LogP contribution in [-0.2, 0) is 79.8 Å². The Hall–Kier alpha value is -7.79. The van der Waals surface area contributed by atoms with E-state index in [4.69, 9.17) is 21.1 Å². The van der Waals surface area contributed by atoms with Gasteiger partial charge in [-0.15, -0.1) is 0 Å². The Morgan fingerprint density at radius 3 is 1.51 bits per heavy atom. The van der Waals surface area contributed by atoms with Gasteiger partial charge in [-0.2, -0.15) is 0 Å². The van der Waals surface area contributed by atoms with Crippen LogP contribution < -0.4 is 21.3 Å². The maximum Gasteiger partial charge on any atom is 0.248 e. The van der Waals surface area contributed by atoms with Crippen LogP contribution in [0.3, 0.4) is 0 Å². The minimum Gasteiger partial charge on any atom is -0.391 e. The number of nitrogens with one attached hydrogen (secondary N) is 4. The summed E-state index contributed by atoms with van der Waals surface area (Å²) in [6.45, 7) is 20.0. The summed E-state index contributed by atoms with van der Waals surface area (Å²) in [5.41, 5.74) is -1.20. The van der Waals surface area contributed by atoms with E-state index in [2.05, 4.69) is 21.3 Å². The summed E-state index contributed by atoms with van der Waals surface area (Å²) in [6, 6.07) is 2.06. The average molecular weight is 1490 g/mol. The molecule has 0 unspecified atom stereocenters. The number of hydrogen-bond acceptors (Lipinski definition) is 16. The number of hydrogen-bond donors (Lipinski definition) is 6. The van der Waals surface area contributed by atoms with E-state index >= 15 is 38.4 Å². The molecular formula is C76H121ClN12O16. The van der Waals surface area contributed by atoms with Crippen LogP contribution in [0.5, 0.6) is 0 Å². The Kier molecular flexibility index (Phi) is 35.3. The first kappa shape index (κ1) is 89.6. The number of likely N-dealkylation sites (N-methyl/N-ethyl adjacent to an activating group) is 6. The van der Waals surface area contributed by atoms with Crippen molar-refractivity contribution >= 4 is 82.5 Å². The molecule has 105 heavy (non-hydrogen) atoms. The first-order valence-electron chi connectivity index (χ1n) is 36.7. The largest absolute Gasteiger partial charge is 0.391 e. The van der Waals surface area contributed by atoms with Crippen LogP contribution in [0.25, 0.3) is 0 Å². The normalized spacial score (nSPS) is 24.0. The number of carbonyl (C=O) groups excluding carboxylic acids is 12. The molecule has 2 aromatic carbocycles. The minimum atomic E-state index is -1.73. The molecule has 2 aliphatic heterocycles. The molecule has 0 aliphatic carbocycles. The summed E-state index contributed by atoms with van der Waals surface area (Å²) >= 11 is 6.51. The number of ether oxygens (including phenoxy) is 2. The van der Waals surface area contributed by atoms with Crippen LogP contribution >= 0.6 is 11.6 Å². The summed E-state index contributed by atoms with van der Waals surface area (Å²) in [7, 11) is 8.14. The quantitative estimate of drug-likeness (QED) is 0.111. The van der Waals surface area contributed by atoms with Gasteiger partial charge in [0.2, 0.25) is 70.9 Å². The zero-order valence-electron chi connectivity index (χ0n) is 65.5. The molecule has 0 saturated carbocycles. The number of piperidine rings is 1. The Balaban J connectivity index is 2.02. The second-order valence-corrected chi connectivity index (χ2v) is 31.5. The van der Waals surface area contributed by atoms with Gasteiger partial charge < -0.3 is 80.2 Å². The van der Waals surface area contributed by atoms with Crippen molar-refractivity contribution in [3.05, 3.63) is 70.7 Å². The molecule has 10 atom stereocenters. The summed E-state index contributed by atoms with van der Waals surface area (Å²) in [6.07, 6.45) is -0.0825. The van der Waals surface area contributed by atoms with Gasteiger partial charge in [-0.1, -0.05) is 103 Å². The van der Waals surface area contributed by atoms with Crippen LogP contribution in [0.2, 0.25) is 5.02 Å². The zero-order valence-corrected chi connectivity index (χ0v) is 66.3. The molecule has 12 amide bonds. The summed E-state index contributed by atoms with van der Waals surface area (Å²) < 4.78 is 12.1. The number of likely N-dealkylation sites (tertiary alicyclic amines) is 1. The standard InChI is InChI=1S/C76H121ClN12O16/c1-20-32-89-43-64(93)84(16)61(40-52-30-27-31-53(77)38-52)73(101)87(19)58(36-48(4)5)67(95)80-56(45-105-75(9,10)11)71(99)85(17)57(35-47(2)3)66(94)78-54(72(100)88-33-25-22-26-34-88)41-62(91)82(14)42-63(92)83(15)60(39-51-28-23-21-24-29-51)68(96)79-55(44-104-46-76(12,13)103)70(98)86(18)59(37-49(6)7)69(97)81-65(50(8)90)74(89)102/h21,23-24,27-31,38,47-50,54-61,65,90,103H,20,22,25-26,32-37,39-46H2,1-19H3,(H,78,94)(H,79,96)(H,80,95)(H,81,97)/t50-,54+,55+,56+,57+,58+,59+,60+,61+,65+/m1/s1. The zero-order chi connectivity index (χ0) is 79.1. The lowest BCUT2D eigenvalue weighted by Crippen LogP contribution is -2.62. The second kappa shape index (κ2) is 41.4. The Morgan fingerprint density at radius 1 is 0.552 bits per heavy atom. The van der Waals surface area contributed by atoms with Crippen molar-refractivity contribution in [2.24, 2.45) is 17.8 Å². The number of aliphatic hydroxyl groups excluding tert-OH is 1. The molecule has 4 rings (SSSR count). The number of benzene rings is 2. The minimum absolute atomic E-state index is 0.0273. The molecule has 0 spiro atoms. The van der Waals surface area contributed by atoms with E-state index < -0.39 is 175 Å². The highest BCUT2D eigenvalue weighted by atomic mass is 35.5. The SMILES string of the molecule is CCCN1CC(=O)N(C)[C@@H](Cc2cccc(Cl)c2)C(=O)N(C)[C@@H](CC(C)C)C(=O)N[C@@H](COC(C)(C)C)C(=O)N(C)[C@@H](CC(C)C)C(=O)N[C@H](C(=O)N2CCCCC2)CC(=O)N(C)CC(=O)N(C)[C@@H](Cc2ccccc2)C(=O)N[C@@H](COCC(C)(C)O)C(=O)N(C)[C@@H](CC(C)C)C(=O)N[C@@H]([C@@H](C)O)C1=O. The van der Waals surface area contributed by atoms with Gasteiger partial charge in [0.15, 0.2) is 0 Å². The smallest absolute Gasteiger partial charge is 0.248 e. The summed E-state index contributed by atoms with van der Waals surface area (Å²) in [5, 5.41) is 33.6. The van der Waals surface area contributed by atoms with E-state index in [1.54, 1.807) is 101 Å². The van der Waals surface area contributed by atoms with E-state index in [0.717, 1.165) is 35.8 Å². The van der Waals surface area contributed by atoms with Crippen molar-refractivity contribution in [3.8, 4) is 0 Å². The molecule has 2 aromatic rings. The molecule has 6 N–H and O–H groups in total. The van der Waals surface area contributed by atoms with Gasteiger partial charge in [-0.25, -0.2) is 0 Å². The van der Waals surface area contributed by atoms with Crippen LogP contribution in [0.1, 0.15) is 153 Å².